The summed E-state index contributed by atoms with van der Waals surface area (Å²) in [5, 5.41) is 3.05. The summed E-state index contributed by atoms with van der Waals surface area (Å²) >= 11 is 0. The van der Waals surface area contributed by atoms with Crippen LogP contribution in [-0.4, -0.2) is 83.8 Å². The van der Waals surface area contributed by atoms with Crippen LogP contribution in [0.25, 0.3) is 0 Å². The molecule has 2 atom stereocenters. The monoisotopic (exact) mass is 565 g/mol. The first-order chi connectivity index (χ1) is 20.4. The normalized spacial score (nSPS) is 20.0. The second-order valence-corrected chi connectivity index (χ2v) is 10.8. The number of likely N-dealkylation sites (N-methyl/N-ethyl adjacent to an activating group) is 2. The van der Waals surface area contributed by atoms with Gasteiger partial charge >= 0.3 is 6.03 Å². The molecule has 0 radical (unpaired) electrons. The molecule has 3 aliphatic heterocycles. The van der Waals surface area contributed by atoms with Crippen molar-refractivity contribution in [3.8, 4) is 11.5 Å². The second kappa shape index (κ2) is 11.7. The third-order valence-corrected chi connectivity index (χ3v) is 8.21. The van der Waals surface area contributed by atoms with Gasteiger partial charge in [0.1, 0.15) is 17.5 Å². The molecule has 0 bridgehead atoms. The first kappa shape index (κ1) is 27.5. The third kappa shape index (κ3) is 5.23. The standard InChI is InChI=1S/C33H35N5O4/c1-3-37-27-22-38(30(23-11-6-4-7-12-23)32(40)36-19-17-35(2)18-20-36)31(39)28(27)29(34-33(37)41)24-13-10-16-26(21-24)42-25-14-8-5-9-15-25/h4-16,21,29-30H,3,17-20,22H2,1-2H3,(H,34,41). The van der Waals surface area contributed by atoms with Gasteiger partial charge in [0.25, 0.3) is 5.91 Å². The number of piperazine rings is 1. The number of urea groups is 1. The van der Waals surface area contributed by atoms with E-state index in [0.29, 0.717) is 42.4 Å². The van der Waals surface area contributed by atoms with Crippen molar-refractivity contribution in [2.45, 2.75) is 19.0 Å². The minimum Gasteiger partial charge on any atom is -0.457 e. The molecule has 9 heteroatoms. The SMILES string of the molecule is CCN1C(=O)NC(c2cccc(Oc3ccccc3)c2)C2=C1CN(C(C(=O)N1CCN(C)CC1)c1ccccc1)C2=O. The van der Waals surface area contributed by atoms with Gasteiger partial charge in [-0.25, -0.2) is 4.79 Å². The number of ether oxygens (including phenoxy) is 1. The average Bonchev–Trinajstić information content (AvgIpc) is 3.34. The Morgan fingerprint density at radius 1 is 0.905 bits per heavy atom. The Morgan fingerprint density at radius 3 is 2.26 bits per heavy atom. The second-order valence-electron chi connectivity index (χ2n) is 10.8. The van der Waals surface area contributed by atoms with Gasteiger partial charge in [0, 0.05) is 32.7 Å². The zero-order valence-corrected chi connectivity index (χ0v) is 23.9. The average molecular weight is 566 g/mol. The van der Waals surface area contributed by atoms with Gasteiger partial charge in [-0.15, -0.1) is 0 Å². The summed E-state index contributed by atoms with van der Waals surface area (Å²) in [4.78, 5) is 49.1. The zero-order chi connectivity index (χ0) is 29.2. The van der Waals surface area contributed by atoms with Crippen LogP contribution in [0.4, 0.5) is 4.79 Å². The van der Waals surface area contributed by atoms with E-state index in [2.05, 4.69) is 10.2 Å². The number of carbonyl (C=O) groups is 3. The molecule has 6 rings (SSSR count). The molecule has 1 saturated heterocycles. The quantitative estimate of drug-likeness (QED) is 0.465. The van der Waals surface area contributed by atoms with Gasteiger partial charge < -0.3 is 24.8 Å². The lowest BCUT2D eigenvalue weighted by Gasteiger charge is -2.37. The maximum atomic E-state index is 14.4. The molecule has 4 amide bonds. The van der Waals surface area contributed by atoms with E-state index in [0.717, 1.165) is 24.2 Å². The van der Waals surface area contributed by atoms with E-state index >= 15 is 0 Å². The highest BCUT2D eigenvalue weighted by Crippen LogP contribution is 2.41. The Kier molecular flexibility index (Phi) is 7.67. The summed E-state index contributed by atoms with van der Waals surface area (Å²) in [6.07, 6.45) is 0. The maximum Gasteiger partial charge on any atom is 0.322 e. The van der Waals surface area contributed by atoms with Gasteiger partial charge in [0.2, 0.25) is 5.91 Å². The van der Waals surface area contributed by atoms with Crippen molar-refractivity contribution in [2.24, 2.45) is 0 Å². The molecular formula is C33H35N5O4. The number of benzene rings is 3. The Bertz CT molecular complexity index is 1500. The molecular weight excluding hydrogens is 530 g/mol. The molecule has 0 spiro atoms. The summed E-state index contributed by atoms with van der Waals surface area (Å²) in [6, 6.07) is 24.6. The van der Waals surface area contributed by atoms with Gasteiger partial charge in [-0.2, -0.15) is 0 Å². The molecule has 1 fully saturated rings. The summed E-state index contributed by atoms with van der Waals surface area (Å²) in [6.45, 7) is 5.22. The first-order valence-electron chi connectivity index (χ1n) is 14.4. The molecule has 1 N–H and O–H groups in total. The number of hydrogen-bond donors (Lipinski definition) is 1. The Balaban J connectivity index is 1.35. The Labute approximate surface area is 245 Å². The highest BCUT2D eigenvalue weighted by molar-refractivity contribution is 6.04. The molecule has 3 aromatic rings. The van der Waals surface area contributed by atoms with E-state index in [9.17, 15) is 14.4 Å². The van der Waals surface area contributed by atoms with E-state index in [1.165, 1.54) is 0 Å². The minimum atomic E-state index is -0.796. The summed E-state index contributed by atoms with van der Waals surface area (Å²) in [5.41, 5.74) is 2.61. The van der Waals surface area contributed by atoms with Gasteiger partial charge in [0.15, 0.2) is 0 Å². The summed E-state index contributed by atoms with van der Waals surface area (Å²) in [7, 11) is 2.04. The van der Waals surface area contributed by atoms with Crippen molar-refractivity contribution >= 4 is 17.8 Å². The van der Waals surface area contributed by atoms with Crippen molar-refractivity contribution in [1.82, 2.24) is 24.9 Å². The van der Waals surface area contributed by atoms with Gasteiger partial charge in [-0.05, 0) is 49.4 Å². The highest BCUT2D eigenvalue weighted by atomic mass is 16.5. The number of nitrogens with zero attached hydrogens (tertiary/aromatic N) is 4. The molecule has 216 valence electrons. The fraction of sp³-hybridized carbons (Fsp3) is 0.303. The molecule has 0 saturated carbocycles. The number of nitrogens with one attached hydrogen (secondary N) is 1. The minimum absolute atomic E-state index is 0.0976. The smallest absolute Gasteiger partial charge is 0.322 e. The lowest BCUT2D eigenvalue weighted by molar-refractivity contribution is -0.144. The fourth-order valence-electron chi connectivity index (χ4n) is 5.98. The number of carbonyl (C=O) groups excluding carboxylic acids is 3. The van der Waals surface area contributed by atoms with Crippen molar-refractivity contribution in [1.29, 1.82) is 0 Å². The van der Waals surface area contributed by atoms with Crippen LogP contribution in [0.1, 0.15) is 30.1 Å². The van der Waals surface area contributed by atoms with Crippen molar-refractivity contribution in [2.75, 3.05) is 46.3 Å². The molecule has 9 nitrogen and oxygen atoms in total. The summed E-state index contributed by atoms with van der Waals surface area (Å²) in [5.74, 6) is 0.942. The van der Waals surface area contributed by atoms with Crippen molar-refractivity contribution < 1.29 is 19.1 Å². The van der Waals surface area contributed by atoms with E-state index in [-0.39, 0.29) is 24.4 Å². The van der Waals surface area contributed by atoms with E-state index in [1.54, 1.807) is 9.80 Å². The van der Waals surface area contributed by atoms with E-state index in [1.807, 2.05) is 104 Å². The molecule has 2 unspecified atom stereocenters. The Hall–Kier alpha value is -4.63. The lowest BCUT2D eigenvalue weighted by atomic mass is 9.95. The molecule has 3 heterocycles. The topological polar surface area (TPSA) is 85.4 Å². The van der Waals surface area contributed by atoms with Crippen molar-refractivity contribution in [3.05, 3.63) is 107 Å². The number of rotatable bonds is 7. The molecule has 3 aromatic carbocycles. The third-order valence-electron chi connectivity index (χ3n) is 8.21. The van der Waals surface area contributed by atoms with Crippen LogP contribution >= 0.6 is 0 Å². The molecule has 0 aromatic heterocycles. The first-order valence-corrected chi connectivity index (χ1v) is 14.4. The van der Waals surface area contributed by atoms with Crippen LogP contribution in [0.3, 0.4) is 0 Å². The molecule has 0 aliphatic carbocycles. The summed E-state index contributed by atoms with van der Waals surface area (Å²) < 4.78 is 6.05. The largest absolute Gasteiger partial charge is 0.457 e. The van der Waals surface area contributed by atoms with E-state index in [4.69, 9.17) is 4.74 Å². The zero-order valence-electron chi connectivity index (χ0n) is 23.9. The van der Waals surface area contributed by atoms with Crippen LogP contribution in [0.2, 0.25) is 0 Å². The lowest BCUT2D eigenvalue weighted by Crippen LogP contribution is -2.51. The fourth-order valence-corrected chi connectivity index (χ4v) is 5.98. The van der Waals surface area contributed by atoms with Gasteiger partial charge in [-0.3, -0.25) is 14.5 Å². The molecule has 42 heavy (non-hydrogen) atoms. The van der Waals surface area contributed by atoms with Crippen molar-refractivity contribution in [3.63, 3.8) is 0 Å². The maximum absolute atomic E-state index is 14.4. The number of para-hydroxylation sites is 1. The predicted molar refractivity (Wildman–Crippen MR) is 159 cm³/mol. The van der Waals surface area contributed by atoms with E-state index < -0.39 is 12.1 Å². The van der Waals surface area contributed by atoms with Gasteiger partial charge in [-0.1, -0.05) is 60.7 Å². The predicted octanol–water partition coefficient (Wildman–Crippen LogP) is 4.18. The van der Waals surface area contributed by atoms with Crippen LogP contribution < -0.4 is 10.1 Å². The number of hydrogen-bond acceptors (Lipinski definition) is 5. The van der Waals surface area contributed by atoms with Crippen LogP contribution in [0, 0.1) is 0 Å². The number of amides is 4. The molecule has 3 aliphatic rings. The highest BCUT2D eigenvalue weighted by Gasteiger charge is 2.48. The Morgan fingerprint density at radius 2 is 1.57 bits per heavy atom. The van der Waals surface area contributed by atoms with Crippen LogP contribution in [0.5, 0.6) is 11.5 Å². The van der Waals surface area contributed by atoms with Crippen LogP contribution in [0.15, 0.2) is 96.2 Å². The van der Waals surface area contributed by atoms with Crippen LogP contribution in [-0.2, 0) is 9.59 Å². The van der Waals surface area contributed by atoms with Gasteiger partial charge in [0.05, 0.1) is 23.9 Å².